The molecular formula is C18H17NO6. The van der Waals surface area contributed by atoms with Crippen LogP contribution in [0.5, 0.6) is 0 Å². The van der Waals surface area contributed by atoms with E-state index in [1.165, 1.54) is 12.1 Å². The van der Waals surface area contributed by atoms with Crippen LogP contribution in [-0.2, 0) is 9.59 Å². The molecule has 2 aromatic carbocycles. The van der Waals surface area contributed by atoms with E-state index >= 15 is 0 Å². The maximum atomic E-state index is 12.6. The Labute approximate surface area is 143 Å². The van der Waals surface area contributed by atoms with Crippen molar-refractivity contribution in [3.05, 3.63) is 65.7 Å². The standard InChI is InChI=1S/C18H17NO6/c20-15(21)10-14(18(24)25)19-13-9-5-4-8-12(13)17(23)16(22)11-6-2-1-3-7-11/h1-9,14,16,19,22H,10H2,(H,20,21)(H,24,25)/t14-,16?/m1/s1. The molecule has 0 spiro atoms. The van der Waals surface area contributed by atoms with Crippen molar-refractivity contribution in [2.75, 3.05) is 5.32 Å². The lowest BCUT2D eigenvalue weighted by atomic mass is 9.98. The van der Waals surface area contributed by atoms with Crippen molar-refractivity contribution in [1.82, 2.24) is 0 Å². The van der Waals surface area contributed by atoms with Crippen molar-refractivity contribution in [1.29, 1.82) is 0 Å². The van der Waals surface area contributed by atoms with Crippen molar-refractivity contribution in [2.45, 2.75) is 18.6 Å². The molecule has 0 saturated heterocycles. The fraction of sp³-hybridized carbons (Fsp3) is 0.167. The van der Waals surface area contributed by atoms with Gasteiger partial charge < -0.3 is 20.6 Å². The summed E-state index contributed by atoms with van der Waals surface area (Å²) in [5, 5.41) is 30.8. The molecule has 0 fully saturated rings. The summed E-state index contributed by atoms with van der Waals surface area (Å²) in [6.07, 6.45) is -2.06. The minimum atomic E-state index is -1.41. The second-order valence-electron chi connectivity index (χ2n) is 5.36. The molecule has 1 unspecified atom stereocenters. The molecule has 0 amide bonds. The molecule has 7 heteroatoms. The number of carboxylic acid groups (broad SMARTS) is 2. The van der Waals surface area contributed by atoms with Gasteiger partial charge in [0.1, 0.15) is 12.1 Å². The van der Waals surface area contributed by atoms with Crippen molar-refractivity contribution >= 4 is 23.4 Å². The van der Waals surface area contributed by atoms with E-state index < -0.39 is 36.3 Å². The third kappa shape index (κ3) is 4.65. The Morgan fingerprint density at radius 1 is 0.920 bits per heavy atom. The third-order valence-electron chi connectivity index (χ3n) is 3.56. The maximum Gasteiger partial charge on any atom is 0.326 e. The molecule has 2 rings (SSSR count). The second-order valence-corrected chi connectivity index (χ2v) is 5.36. The minimum Gasteiger partial charge on any atom is -0.481 e. The lowest BCUT2D eigenvalue weighted by Gasteiger charge is -2.18. The van der Waals surface area contributed by atoms with Crippen molar-refractivity contribution < 1.29 is 29.7 Å². The van der Waals surface area contributed by atoms with Crippen LogP contribution in [0.2, 0.25) is 0 Å². The van der Waals surface area contributed by atoms with Crippen LogP contribution in [0.25, 0.3) is 0 Å². The zero-order chi connectivity index (χ0) is 18.4. The number of hydrogen-bond donors (Lipinski definition) is 4. The number of anilines is 1. The van der Waals surface area contributed by atoms with Crippen LogP contribution < -0.4 is 5.32 Å². The lowest BCUT2D eigenvalue weighted by Crippen LogP contribution is -2.32. The number of aliphatic hydroxyl groups excluding tert-OH is 1. The summed E-state index contributed by atoms with van der Waals surface area (Å²) >= 11 is 0. The number of benzene rings is 2. The van der Waals surface area contributed by atoms with E-state index in [4.69, 9.17) is 10.2 Å². The molecule has 4 N–H and O–H groups in total. The normalized spacial score (nSPS) is 12.8. The van der Waals surface area contributed by atoms with Gasteiger partial charge in [0.05, 0.1) is 6.42 Å². The quantitative estimate of drug-likeness (QED) is 0.540. The van der Waals surface area contributed by atoms with Crippen LogP contribution in [-0.4, -0.2) is 39.1 Å². The third-order valence-corrected chi connectivity index (χ3v) is 3.56. The van der Waals surface area contributed by atoms with Gasteiger partial charge in [-0.15, -0.1) is 0 Å². The first-order valence-electron chi connectivity index (χ1n) is 7.47. The van der Waals surface area contributed by atoms with Crippen LogP contribution in [0.15, 0.2) is 54.6 Å². The zero-order valence-corrected chi connectivity index (χ0v) is 13.1. The fourth-order valence-corrected chi connectivity index (χ4v) is 2.32. The molecule has 0 bridgehead atoms. The van der Waals surface area contributed by atoms with E-state index in [1.54, 1.807) is 42.5 Å². The Hall–Kier alpha value is -3.19. The number of carbonyl (C=O) groups excluding carboxylic acids is 1. The molecule has 2 atom stereocenters. The van der Waals surface area contributed by atoms with Gasteiger partial charge in [-0.2, -0.15) is 0 Å². The van der Waals surface area contributed by atoms with Gasteiger partial charge in [0.15, 0.2) is 5.78 Å². The Kier molecular flexibility index (Phi) is 5.86. The number of Topliss-reactive ketones (excluding diaryl/α,β-unsaturated/α-hetero) is 1. The summed E-state index contributed by atoms with van der Waals surface area (Å²) in [6.45, 7) is 0. The molecule has 0 heterocycles. The number of hydrogen-bond acceptors (Lipinski definition) is 5. The second kappa shape index (κ2) is 8.07. The first-order valence-corrected chi connectivity index (χ1v) is 7.47. The number of carboxylic acids is 2. The van der Waals surface area contributed by atoms with E-state index in [0.717, 1.165) is 0 Å². The summed E-state index contributed by atoms with van der Waals surface area (Å²) in [6, 6.07) is 13.0. The van der Waals surface area contributed by atoms with Crippen LogP contribution in [0.4, 0.5) is 5.69 Å². The predicted molar refractivity (Wildman–Crippen MR) is 89.5 cm³/mol. The van der Waals surface area contributed by atoms with E-state index in [2.05, 4.69) is 5.32 Å². The summed E-state index contributed by atoms with van der Waals surface area (Å²) in [5.74, 6) is -3.25. The molecule has 7 nitrogen and oxygen atoms in total. The first-order chi connectivity index (χ1) is 11.9. The number of para-hydroxylation sites is 1. The number of nitrogens with one attached hydrogen (secondary N) is 1. The largest absolute Gasteiger partial charge is 0.481 e. The van der Waals surface area contributed by atoms with Crippen LogP contribution >= 0.6 is 0 Å². The SMILES string of the molecule is O=C(O)C[C@@H](Nc1ccccc1C(=O)C(O)c1ccccc1)C(=O)O. The number of aliphatic hydroxyl groups is 1. The van der Waals surface area contributed by atoms with E-state index in [9.17, 15) is 19.5 Å². The minimum absolute atomic E-state index is 0.0792. The van der Waals surface area contributed by atoms with Crippen LogP contribution in [0.3, 0.4) is 0 Å². The first kappa shape index (κ1) is 18.2. The average Bonchev–Trinajstić information content (AvgIpc) is 2.60. The van der Waals surface area contributed by atoms with Crippen LogP contribution in [0.1, 0.15) is 28.4 Å². The molecule has 0 aliphatic carbocycles. The fourth-order valence-electron chi connectivity index (χ4n) is 2.32. The predicted octanol–water partition coefficient (Wildman–Crippen LogP) is 1.94. The highest BCUT2D eigenvalue weighted by molar-refractivity contribution is 6.04. The summed E-state index contributed by atoms with van der Waals surface area (Å²) in [4.78, 5) is 34.6. The molecule has 0 saturated carbocycles. The zero-order valence-electron chi connectivity index (χ0n) is 13.1. The summed E-state index contributed by atoms with van der Waals surface area (Å²) in [7, 11) is 0. The number of carbonyl (C=O) groups is 3. The summed E-state index contributed by atoms with van der Waals surface area (Å²) < 4.78 is 0. The van der Waals surface area contributed by atoms with Crippen molar-refractivity contribution in [3.8, 4) is 0 Å². The van der Waals surface area contributed by atoms with Gasteiger partial charge in [0.25, 0.3) is 0 Å². The number of rotatable bonds is 8. The van der Waals surface area contributed by atoms with E-state index in [-0.39, 0.29) is 11.3 Å². The molecule has 25 heavy (non-hydrogen) atoms. The Morgan fingerprint density at radius 3 is 2.12 bits per heavy atom. The highest BCUT2D eigenvalue weighted by Gasteiger charge is 2.25. The highest BCUT2D eigenvalue weighted by atomic mass is 16.4. The van der Waals surface area contributed by atoms with Crippen molar-refractivity contribution in [2.24, 2.45) is 0 Å². The molecule has 2 aromatic rings. The molecular weight excluding hydrogens is 326 g/mol. The highest BCUT2D eigenvalue weighted by Crippen LogP contribution is 2.24. The van der Waals surface area contributed by atoms with E-state index in [1.807, 2.05) is 0 Å². The Bertz CT molecular complexity index is 774. The topological polar surface area (TPSA) is 124 Å². The van der Waals surface area contributed by atoms with Crippen LogP contribution in [0, 0.1) is 0 Å². The van der Waals surface area contributed by atoms with Gasteiger partial charge >= 0.3 is 11.9 Å². The van der Waals surface area contributed by atoms with Gasteiger partial charge in [-0.3, -0.25) is 9.59 Å². The smallest absolute Gasteiger partial charge is 0.326 e. The van der Waals surface area contributed by atoms with Gasteiger partial charge in [-0.05, 0) is 17.7 Å². The monoisotopic (exact) mass is 343 g/mol. The van der Waals surface area contributed by atoms with Gasteiger partial charge in [0, 0.05) is 11.3 Å². The molecule has 0 radical (unpaired) electrons. The Balaban J connectivity index is 2.29. The van der Waals surface area contributed by atoms with Gasteiger partial charge in [0.2, 0.25) is 0 Å². The summed E-state index contributed by atoms with van der Waals surface area (Å²) in [5.41, 5.74) is 0.634. The maximum absolute atomic E-state index is 12.6. The van der Waals surface area contributed by atoms with Crippen molar-refractivity contribution in [3.63, 3.8) is 0 Å². The number of ketones is 1. The molecule has 0 aromatic heterocycles. The average molecular weight is 343 g/mol. The van der Waals surface area contributed by atoms with Gasteiger partial charge in [-0.25, -0.2) is 4.79 Å². The number of aliphatic carboxylic acids is 2. The molecule has 0 aliphatic rings. The van der Waals surface area contributed by atoms with Gasteiger partial charge in [-0.1, -0.05) is 42.5 Å². The molecule has 0 aliphatic heterocycles. The lowest BCUT2D eigenvalue weighted by molar-refractivity contribution is -0.144. The molecule has 130 valence electrons. The van der Waals surface area contributed by atoms with E-state index in [0.29, 0.717) is 5.56 Å². The Morgan fingerprint density at radius 2 is 1.52 bits per heavy atom.